The number of aliphatic hydroxyl groups is 1. The maximum absolute atomic E-state index is 13.9. The number of β-amino-alcohol motifs (C(OH)–C–C–N with tert-alkyl or cyclic N) is 1. The van der Waals surface area contributed by atoms with Gasteiger partial charge in [-0.3, -0.25) is 4.90 Å². The molecule has 1 fully saturated rings. The van der Waals surface area contributed by atoms with Crippen molar-refractivity contribution in [2.45, 2.75) is 58.0 Å². The fourth-order valence-corrected chi connectivity index (χ4v) is 4.22. The van der Waals surface area contributed by atoms with E-state index in [2.05, 4.69) is 4.90 Å². The lowest BCUT2D eigenvalue weighted by molar-refractivity contribution is -0.137. The molecule has 0 spiro atoms. The second-order valence-corrected chi connectivity index (χ2v) is 8.89. The maximum atomic E-state index is 13.9. The number of hydrogen-bond donors (Lipinski definition) is 1. The van der Waals surface area contributed by atoms with Crippen LogP contribution in [0.4, 0.5) is 4.39 Å². The number of alkyl halides is 1. The zero-order chi connectivity index (χ0) is 23.8. The van der Waals surface area contributed by atoms with Crippen molar-refractivity contribution >= 4 is 12.0 Å². The third kappa shape index (κ3) is 7.36. The zero-order valence-corrected chi connectivity index (χ0v) is 19.8. The van der Waals surface area contributed by atoms with E-state index in [0.29, 0.717) is 19.2 Å². The molecule has 0 aromatic heterocycles. The van der Waals surface area contributed by atoms with Crippen molar-refractivity contribution in [1.29, 1.82) is 0 Å². The van der Waals surface area contributed by atoms with Crippen LogP contribution in [0.25, 0.3) is 6.08 Å². The molecular weight excluding hydrogens is 421 g/mol. The first kappa shape index (κ1) is 25.3. The summed E-state index contributed by atoms with van der Waals surface area (Å²) in [5, 5.41) is 10.6. The summed E-state index contributed by atoms with van der Waals surface area (Å²) in [6.07, 6.45) is 8.96. The fourth-order valence-electron chi connectivity index (χ4n) is 4.22. The molecule has 1 saturated heterocycles. The van der Waals surface area contributed by atoms with Crippen molar-refractivity contribution in [3.63, 3.8) is 0 Å². The Morgan fingerprint density at radius 2 is 2.15 bits per heavy atom. The van der Waals surface area contributed by atoms with Gasteiger partial charge in [-0.1, -0.05) is 43.3 Å². The Labute approximate surface area is 196 Å². The minimum atomic E-state index is -0.908. The average molecular weight is 458 g/mol. The molecule has 1 aliphatic carbocycles. The normalized spacial score (nSPS) is 24.9. The topological polar surface area (TPSA) is 59.0 Å². The van der Waals surface area contributed by atoms with Crippen LogP contribution in [0.15, 0.2) is 54.1 Å². The van der Waals surface area contributed by atoms with Gasteiger partial charge in [0.05, 0.1) is 25.4 Å². The van der Waals surface area contributed by atoms with Crippen LogP contribution in [-0.2, 0) is 14.3 Å². The molecule has 1 heterocycles. The van der Waals surface area contributed by atoms with E-state index in [9.17, 15) is 14.3 Å². The number of likely N-dealkylation sites (tertiary alicyclic amines) is 1. The van der Waals surface area contributed by atoms with Gasteiger partial charge in [0.2, 0.25) is 0 Å². The number of carbonyl (C=O) groups is 1. The van der Waals surface area contributed by atoms with Crippen LogP contribution in [0.1, 0.15) is 50.8 Å². The summed E-state index contributed by atoms with van der Waals surface area (Å²) in [4.78, 5) is 13.9. The third-order valence-electron chi connectivity index (χ3n) is 6.33. The second-order valence-electron chi connectivity index (χ2n) is 8.89. The monoisotopic (exact) mass is 457 g/mol. The number of benzene rings is 1. The van der Waals surface area contributed by atoms with Crippen LogP contribution in [-0.4, -0.2) is 60.6 Å². The average Bonchev–Trinajstić information content (AvgIpc) is 2.80. The lowest BCUT2D eigenvalue weighted by Crippen LogP contribution is -2.51. The summed E-state index contributed by atoms with van der Waals surface area (Å²) >= 11 is 0. The molecule has 3 rings (SSSR count). The highest BCUT2D eigenvalue weighted by atomic mass is 19.1. The van der Waals surface area contributed by atoms with Crippen LogP contribution in [0.3, 0.4) is 0 Å². The summed E-state index contributed by atoms with van der Waals surface area (Å²) in [6.45, 7) is 7.62. The van der Waals surface area contributed by atoms with Gasteiger partial charge in [0.15, 0.2) is 0 Å². The Kier molecular flexibility index (Phi) is 9.41. The minimum absolute atomic E-state index is 0.0574. The molecule has 0 radical (unpaired) electrons. The van der Waals surface area contributed by atoms with Gasteiger partial charge >= 0.3 is 5.97 Å². The molecule has 1 aromatic rings. The van der Waals surface area contributed by atoms with E-state index in [0.717, 1.165) is 36.1 Å². The van der Waals surface area contributed by atoms with Gasteiger partial charge in [-0.25, -0.2) is 9.18 Å². The Hall–Kier alpha value is -2.28. The van der Waals surface area contributed by atoms with Crippen molar-refractivity contribution in [3.05, 3.63) is 65.3 Å². The van der Waals surface area contributed by atoms with Gasteiger partial charge in [-0.2, -0.15) is 0 Å². The van der Waals surface area contributed by atoms with E-state index in [4.69, 9.17) is 9.47 Å². The van der Waals surface area contributed by atoms with Crippen molar-refractivity contribution in [3.8, 4) is 0 Å². The van der Waals surface area contributed by atoms with Gasteiger partial charge < -0.3 is 14.6 Å². The molecule has 1 aromatic carbocycles. The number of aliphatic hydroxyl groups excluding tert-OH is 1. The highest BCUT2D eigenvalue weighted by Gasteiger charge is 2.30. The first-order valence-electron chi connectivity index (χ1n) is 11.9. The highest BCUT2D eigenvalue weighted by Crippen LogP contribution is 2.29. The first-order chi connectivity index (χ1) is 15.9. The second kappa shape index (κ2) is 12.3. The summed E-state index contributed by atoms with van der Waals surface area (Å²) in [7, 11) is 0. The molecule has 180 valence electrons. The van der Waals surface area contributed by atoms with Crippen LogP contribution >= 0.6 is 0 Å². The molecule has 2 unspecified atom stereocenters. The van der Waals surface area contributed by atoms with E-state index >= 15 is 0 Å². The molecule has 0 saturated carbocycles. The van der Waals surface area contributed by atoms with Gasteiger partial charge in [0.25, 0.3) is 0 Å². The number of halogens is 1. The van der Waals surface area contributed by atoms with Crippen LogP contribution in [0.2, 0.25) is 0 Å². The molecule has 0 bridgehead atoms. The lowest BCUT2D eigenvalue weighted by atomic mass is 9.89. The molecule has 1 N–H and O–H groups in total. The molecule has 33 heavy (non-hydrogen) atoms. The summed E-state index contributed by atoms with van der Waals surface area (Å²) in [5.41, 5.74) is 2.87. The predicted molar refractivity (Wildman–Crippen MR) is 128 cm³/mol. The van der Waals surface area contributed by atoms with E-state index in [1.165, 1.54) is 6.08 Å². The number of ether oxygens (including phenoxy) is 2. The lowest BCUT2D eigenvalue weighted by Gasteiger charge is -2.42. The van der Waals surface area contributed by atoms with Crippen molar-refractivity contribution in [2.24, 2.45) is 5.92 Å². The van der Waals surface area contributed by atoms with Crippen molar-refractivity contribution in [1.82, 2.24) is 4.90 Å². The van der Waals surface area contributed by atoms with Crippen LogP contribution < -0.4 is 0 Å². The predicted octanol–water partition coefficient (Wildman–Crippen LogP) is 4.64. The number of allylic oxidation sites excluding steroid dienone is 3. The fraction of sp³-hybridized carbons (Fsp3) is 0.519. The van der Waals surface area contributed by atoms with E-state index in [1.54, 1.807) is 19.1 Å². The van der Waals surface area contributed by atoms with Gasteiger partial charge in [-0.05, 0) is 55.5 Å². The maximum Gasteiger partial charge on any atom is 0.330 e. The number of rotatable bonds is 11. The van der Waals surface area contributed by atoms with Crippen molar-refractivity contribution < 1.29 is 23.8 Å². The number of carbonyl (C=O) groups excluding carboxylic acids is 1. The van der Waals surface area contributed by atoms with Gasteiger partial charge in [0.1, 0.15) is 6.17 Å². The van der Waals surface area contributed by atoms with Gasteiger partial charge in [0, 0.05) is 31.1 Å². The number of hydrogen-bond acceptors (Lipinski definition) is 5. The van der Waals surface area contributed by atoms with E-state index in [1.807, 2.05) is 50.3 Å². The highest BCUT2D eigenvalue weighted by molar-refractivity contribution is 5.87. The third-order valence-corrected chi connectivity index (χ3v) is 6.33. The number of nitrogens with zero attached hydrogens (tertiary/aromatic N) is 1. The number of esters is 1. The Bertz CT molecular complexity index is 881. The Morgan fingerprint density at radius 1 is 1.36 bits per heavy atom. The van der Waals surface area contributed by atoms with Crippen molar-refractivity contribution in [2.75, 3.05) is 26.3 Å². The standard InChI is InChI=1S/C27H36FNO4/c1-4-32-27(31)12-11-22-7-5-6-8-25(22)20(3)33-18-24(30)17-29-14-13-23(29)15-21-10-9-19(2)26(28)16-21/h5-12,16,19-20,23-24,26,30H,4,13-15,17-18H2,1-3H3/b12-11+/t19?,20-,23+,24-,26?/m1/s1. The summed E-state index contributed by atoms with van der Waals surface area (Å²) < 4.78 is 24.9. The van der Waals surface area contributed by atoms with E-state index < -0.39 is 12.3 Å². The largest absolute Gasteiger partial charge is 0.463 e. The zero-order valence-electron chi connectivity index (χ0n) is 19.8. The minimum Gasteiger partial charge on any atom is -0.463 e. The molecule has 5 nitrogen and oxygen atoms in total. The smallest absolute Gasteiger partial charge is 0.330 e. The Balaban J connectivity index is 1.47. The molecule has 0 amide bonds. The molecular formula is C27H36FNO4. The molecule has 6 heteroatoms. The summed E-state index contributed by atoms with van der Waals surface area (Å²) in [6, 6.07) is 8.04. The quantitative estimate of drug-likeness (QED) is 0.388. The molecule has 1 aliphatic heterocycles. The van der Waals surface area contributed by atoms with Crippen LogP contribution in [0.5, 0.6) is 0 Å². The Morgan fingerprint density at radius 3 is 2.85 bits per heavy atom. The van der Waals surface area contributed by atoms with E-state index in [-0.39, 0.29) is 24.6 Å². The molecule has 2 aliphatic rings. The SMILES string of the molecule is CCOC(=O)/C=C/c1ccccc1[C@@H](C)OC[C@H](O)CN1CC[C@H]1CC1=CC(F)C(C)C=C1. The molecule has 5 atom stereocenters. The van der Waals surface area contributed by atoms with Gasteiger partial charge in [-0.15, -0.1) is 0 Å². The van der Waals surface area contributed by atoms with Crippen LogP contribution in [0, 0.1) is 5.92 Å². The first-order valence-corrected chi connectivity index (χ1v) is 11.9. The summed E-state index contributed by atoms with van der Waals surface area (Å²) in [5.74, 6) is -0.436.